The topological polar surface area (TPSA) is 140 Å². The van der Waals surface area contributed by atoms with Crippen molar-refractivity contribution in [2.45, 2.75) is 38.8 Å². The molecule has 3 N–H and O–H groups in total. The molecule has 162 valence electrons. The number of likely N-dealkylation sites (tertiary alicyclic amines) is 1. The van der Waals surface area contributed by atoms with Gasteiger partial charge in [-0.25, -0.2) is 10.1 Å². The molecule has 0 aliphatic carbocycles. The number of rotatable bonds is 6. The number of hydrazone groups is 1. The summed E-state index contributed by atoms with van der Waals surface area (Å²) in [7, 11) is 0. The Hall–Kier alpha value is -2.87. The largest absolute Gasteiger partial charge is 0.378 e. The molecule has 1 unspecified atom stereocenters. The fourth-order valence-electron chi connectivity index (χ4n) is 3.52. The fraction of sp³-hybridized carbons (Fsp3) is 0.368. The molecule has 1 atom stereocenters. The summed E-state index contributed by atoms with van der Waals surface area (Å²) in [4.78, 5) is 15.1. The van der Waals surface area contributed by atoms with E-state index in [1.165, 1.54) is 11.1 Å². The number of nitrogen functional groups attached to an aromatic ring is 1. The number of anilines is 1. The Labute approximate surface area is 192 Å². The maximum absolute atomic E-state index is 12.9. The highest BCUT2D eigenvalue weighted by atomic mass is 127. The summed E-state index contributed by atoms with van der Waals surface area (Å²) in [6, 6.07) is 8.13. The Morgan fingerprint density at radius 2 is 2.29 bits per heavy atom. The highest BCUT2D eigenvalue weighted by molar-refractivity contribution is 14.1. The minimum absolute atomic E-state index is 0.0708. The van der Waals surface area contributed by atoms with Crippen LogP contribution in [0.15, 0.2) is 34.0 Å². The minimum atomic E-state index is -0.470. The van der Waals surface area contributed by atoms with Gasteiger partial charge in [0.1, 0.15) is 0 Å². The van der Waals surface area contributed by atoms with Crippen molar-refractivity contribution >= 4 is 40.5 Å². The minimum Gasteiger partial charge on any atom is -0.378 e. The third-order valence-corrected chi connectivity index (χ3v) is 5.87. The highest BCUT2D eigenvalue weighted by Crippen LogP contribution is 2.22. The second-order valence-corrected chi connectivity index (χ2v) is 8.58. The van der Waals surface area contributed by atoms with Crippen LogP contribution in [0.5, 0.6) is 0 Å². The molecule has 11 nitrogen and oxygen atoms in total. The maximum atomic E-state index is 12.9. The third-order valence-electron chi connectivity index (χ3n) is 5.20. The molecule has 2 aromatic heterocycles. The summed E-state index contributed by atoms with van der Waals surface area (Å²) in [6.45, 7) is 3.55. The summed E-state index contributed by atoms with van der Waals surface area (Å²) in [5.41, 5.74) is 9.96. The lowest BCUT2D eigenvalue weighted by Gasteiger charge is -2.33. The SMILES string of the molecule is CC1CCCCN1Cc1c(C(=O)NN=Cc2cccc(I)c2)nnn1-c1nonc1N. The summed E-state index contributed by atoms with van der Waals surface area (Å²) in [6.07, 6.45) is 4.96. The molecule has 3 aromatic rings. The first-order valence-electron chi connectivity index (χ1n) is 9.89. The van der Waals surface area contributed by atoms with Crippen LogP contribution in [0.2, 0.25) is 0 Å². The smallest absolute Gasteiger partial charge is 0.293 e. The fourth-order valence-corrected chi connectivity index (χ4v) is 4.09. The zero-order valence-corrected chi connectivity index (χ0v) is 19.1. The first-order chi connectivity index (χ1) is 15.0. The number of piperidine rings is 1. The molecule has 0 saturated carbocycles. The Morgan fingerprint density at radius 1 is 1.42 bits per heavy atom. The number of hydrogen-bond acceptors (Lipinski definition) is 9. The monoisotopic (exact) mass is 535 g/mol. The Bertz CT molecular complexity index is 1090. The lowest BCUT2D eigenvalue weighted by Crippen LogP contribution is -2.38. The lowest BCUT2D eigenvalue weighted by molar-refractivity contribution is 0.0945. The first kappa shape index (κ1) is 21.4. The van der Waals surface area contributed by atoms with E-state index in [4.69, 9.17) is 10.4 Å². The molecule has 12 heteroatoms. The molecule has 1 fully saturated rings. The molecule has 1 aliphatic heterocycles. The van der Waals surface area contributed by atoms with E-state index in [9.17, 15) is 4.79 Å². The molecule has 1 saturated heterocycles. The number of nitrogens with two attached hydrogens (primary N) is 1. The molecule has 1 aromatic carbocycles. The van der Waals surface area contributed by atoms with Gasteiger partial charge >= 0.3 is 0 Å². The number of benzene rings is 1. The van der Waals surface area contributed by atoms with Gasteiger partial charge in [0.2, 0.25) is 11.6 Å². The van der Waals surface area contributed by atoms with Gasteiger partial charge in [0.25, 0.3) is 5.91 Å². The van der Waals surface area contributed by atoms with Gasteiger partial charge in [0, 0.05) is 16.2 Å². The van der Waals surface area contributed by atoms with E-state index in [2.05, 4.69) is 65.6 Å². The molecule has 4 rings (SSSR count). The molecule has 1 amide bonds. The van der Waals surface area contributed by atoms with Crippen LogP contribution in [0.25, 0.3) is 5.82 Å². The van der Waals surface area contributed by atoms with E-state index >= 15 is 0 Å². The van der Waals surface area contributed by atoms with Crippen molar-refractivity contribution in [1.82, 2.24) is 35.6 Å². The Balaban J connectivity index is 1.59. The second-order valence-electron chi connectivity index (χ2n) is 7.34. The summed E-state index contributed by atoms with van der Waals surface area (Å²) < 4.78 is 7.19. The van der Waals surface area contributed by atoms with Crippen molar-refractivity contribution in [2.75, 3.05) is 12.3 Å². The van der Waals surface area contributed by atoms with E-state index in [-0.39, 0.29) is 17.3 Å². The molecule has 0 spiro atoms. The average Bonchev–Trinajstić information content (AvgIpc) is 3.35. The number of nitrogens with one attached hydrogen (secondary N) is 1. The van der Waals surface area contributed by atoms with Crippen LogP contribution < -0.4 is 11.2 Å². The standard InChI is InChI=1S/C19H22IN9O2/c1-12-5-2-3-8-28(12)11-15-16(23-27-29(15)18-17(21)25-31-26-18)19(30)24-22-10-13-6-4-7-14(20)9-13/h4,6-7,9-10,12H,2-3,5,8,11H2,1H3,(H2,21,25)(H,24,30). The average molecular weight is 535 g/mol. The zero-order chi connectivity index (χ0) is 21.8. The van der Waals surface area contributed by atoms with Crippen molar-refractivity contribution in [2.24, 2.45) is 5.10 Å². The van der Waals surface area contributed by atoms with Crippen LogP contribution in [-0.4, -0.2) is 54.9 Å². The van der Waals surface area contributed by atoms with Crippen molar-refractivity contribution in [1.29, 1.82) is 0 Å². The number of carbonyl (C=O) groups excluding carboxylic acids is 1. The summed E-state index contributed by atoms with van der Waals surface area (Å²) in [5, 5.41) is 19.6. The van der Waals surface area contributed by atoms with Crippen LogP contribution in [0.1, 0.15) is 47.9 Å². The lowest BCUT2D eigenvalue weighted by atomic mass is 10.0. The quantitative estimate of drug-likeness (QED) is 0.278. The molecular weight excluding hydrogens is 513 g/mol. The Kier molecular flexibility index (Phi) is 6.56. The second kappa shape index (κ2) is 9.51. The highest BCUT2D eigenvalue weighted by Gasteiger charge is 2.27. The molecule has 3 heterocycles. The number of halogens is 1. The van der Waals surface area contributed by atoms with Gasteiger partial charge < -0.3 is 5.73 Å². The van der Waals surface area contributed by atoms with Crippen molar-refractivity contribution in [3.63, 3.8) is 0 Å². The van der Waals surface area contributed by atoms with Crippen molar-refractivity contribution in [3.8, 4) is 5.82 Å². The van der Waals surface area contributed by atoms with Crippen LogP contribution in [0.3, 0.4) is 0 Å². The van der Waals surface area contributed by atoms with Crippen LogP contribution in [-0.2, 0) is 6.54 Å². The summed E-state index contributed by atoms with van der Waals surface area (Å²) >= 11 is 2.22. The van der Waals surface area contributed by atoms with Crippen LogP contribution >= 0.6 is 22.6 Å². The van der Waals surface area contributed by atoms with Crippen molar-refractivity contribution < 1.29 is 9.42 Å². The van der Waals surface area contributed by atoms with Crippen molar-refractivity contribution in [3.05, 3.63) is 44.8 Å². The molecular formula is C19H22IN9O2. The maximum Gasteiger partial charge on any atom is 0.293 e. The van der Waals surface area contributed by atoms with E-state index in [1.807, 2.05) is 24.3 Å². The third kappa shape index (κ3) is 4.90. The predicted molar refractivity (Wildman–Crippen MR) is 122 cm³/mol. The van der Waals surface area contributed by atoms with Crippen LogP contribution in [0, 0.1) is 3.57 Å². The van der Waals surface area contributed by atoms with Gasteiger partial charge in [-0.15, -0.1) is 5.10 Å². The molecule has 0 radical (unpaired) electrons. The Morgan fingerprint density at radius 3 is 3.03 bits per heavy atom. The molecule has 0 bridgehead atoms. The number of hydrogen-bond donors (Lipinski definition) is 2. The molecule has 1 aliphatic rings. The van der Waals surface area contributed by atoms with E-state index in [0.717, 1.165) is 28.5 Å². The number of aromatic nitrogens is 5. The van der Waals surface area contributed by atoms with Gasteiger partial charge in [-0.05, 0) is 76.9 Å². The normalized spacial score (nSPS) is 17.3. The van der Waals surface area contributed by atoms with E-state index < -0.39 is 5.91 Å². The van der Waals surface area contributed by atoms with Crippen LogP contribution in [0.4, 0.5) is 5.82 Å². The van der Waals surface area contributed by atoms with Gasteiger partial charge in [-0.1, -0.05) is 23.8 Å². The van der Waals surface area contributed by atoms with E-state index in [1.54, 1.807) is 6.21 Å². The summed E-state index contributed by atoms with van der Waals surface area (Å²) in [5.74, 6) is -0.196. The zero-order valence-electron chi connectivity index (χ0n) is 16.9. The van der Waals surface area contributed by atoms with Gasteiger partial charge in [0.05, 0.1) is 11.9 Å². The number of amides is 1. The first-order valence-corrected chi connectivity index (χ1v) is 11.0. The van der Waals surface area contributed by atoms with Gasteiger partial charge in [0.15, 0.2) is 5.69 Å². The molecule has 31 heavy (non-hydrogen) atoms. The number of carbonyl (C=O) groups is 1. The van der Waals surface area contributed by atoms with Gasteiger partial charge in [-0.3, -0.25) is 9.69 Å². The predicted octanol–water partition coefficient (Wildman–Crippen LogP) is 1.98. The van der Waals surface area contributed by atoms with Gasteiger partial charge in [-0.2, -0.15) is 9.78 Å². The number of nitrogens with zero attached hydrogens (tertiary/aromatic N) is 7. The van der Waals surface area contributed by atoms with E-state index in [0.29, 0.717) is 18.3 Å².